The lowest BCUT2D eigenvalue weighted by atomic mass is 10.0. The van der Waals surface area contributed by atoms with Gasteiger partial charge in [-0.05, 0) is 43.1 Å². The van der Waals surface area contributed by atoms with Crippen LogP contribution in [0.5, 0.6) is 0 Å². The number of nitrogens with zero attached hydrogens (tertiary/aromatic N) is 2. The molecule has 0 aliphatic heterocycles. The second-order valence-electron chi connectivity index (χ2n) is 5.37. The van der Waals surface area contributed by atoms with Gasteiger partial charge in [0, 0.05) is 30.2 Å². The molecule has 1 aromatic heterocycles. The summed E-state index contributed by atoms with van der Waals surface area (Å²) >= 11 is 6.14. The summed E-state index contributed by atoms with van der Waals surface area (Å²) in [7, 11) is 2.02. The molecule has 4 heteroatoms. The summed E-state index contributed by atoms with van der Waals surface area (Å²) < 4.78 is 1.99. The molecular weight excluding hydrogens is 282 g/mol. The average Bonchev–Trinajstić information content (AvgIpc) is 2.83. The normalized spacial score (nSPS) is 12.6. The van der Waals surface area contributed by atoms with Crippen molar-refractivity contribution >= 4 is 11.6 Å². The lowest BCUT2D eigenvalue weighted by Crippen LogP contribution is -2.25. The number of aryl methyl sites for hydroxylation is 2. The predicted molar refractivity (Wildman–Crippen MR) is 88.8 cm³/mol. The van der Waals surface area contributed by atoms with E-state index in [1.807, 2.05) is 29.9 Å². The maximum atomic E-state index is 6.14. The summed E-state index contributed by atoms with van der Waals surface area (Å²) in [5.41, 5.74) is 3.63. The van der Waals surface area contributed by atoms with E-state index >= 15 is 0 Å². The molecule has 114 valence electrons. The van der Waals surface area contributed by atoms with Gasteiger partial charge in [-0.2, -0.15) is 5.10 Å². The van der Waals surface area contributed by atoms with E-state index in [9.17, 15) is 0 Å². The van der Waals surface area contributed by atoms with Crippen LogP contribution in [0.3, 0.4) is 0 Å². The van der Waals surface area contributed by atoms with Crippen molar-refractivity contribution in [2.24, 2.45) is 7.05 Å². The number of nitrogens with one attached hydrogen (secondary N) is 1. The lowest BCUT2D eigenvalue weighted by Gasteiger charge is -2.19. The highest BCUT2D eigenvalue weighted by Crippen LogP contribution is 2.22. The van der Waals surface area contributed by atoms with Crippen LogP contribution < -0.4 is 5.32 Å². The Morgan fingerprint density at radius 2 is 2.10 bits per heavy atom. The number of hydrogen-bond acceptors (Lipinski definition) is 2. The van der Waals surface area contributed by atoms with Gasteiger partial charge in [-0.1, -0.05) is 37.6 Å². The molecule has 0 aliphatic rings. The Morgan fingerprint density at radius 1 is 1.29 bits per heavy atom. The fourth-order valence-corrected chi connectivity index (χ4v) is 2.69. The number of hydrogen-bond donors (Lipinski definition) is 1. The van der Waals surface area contributed by atoms with Crippen molar-refractivity contribution in [2.75, 3.05) is 6.54 Å². The Hall–Kier alpha value is -1.32. The van der Waals surface area contributed by atoms with Crippen molar-refractivity contribution in [3.05, 3.63) is 52.3 Å². The Bertz CT molecular complexity index is 577. The third-order valence-corrected chi connectivity index (χ3v) is 3.93. The Morgan fingerprint density at radius 3 is 2.71 bits per heavy atom. The SMILES string of the molecule is CCCNC(Cc1cc(CC)nn1C)c1cccc(Cl)c1. The first-order valence-corrected chi connectivity index (χ1v) is 8.02. The summed E-state index contributed by atoms with van der Waals surface area (Å²) in [4.78, 5) is 0. The molecule has 2 rings (SSSR count). The lowest BCUT2D eigenvalue weighted by molar-refractivity contribution is 0.512. The zero-order chi connectivity index (χ0) is 15.2. The van der Waals surface area contributed by atoms with E-state index in [1.54, 1.807) is 0 Å². The minimum atomic E-state index is 0.267. The van der Waals surface area contributed by atoms with Crippen molar-refractivity contribution in [1.82, 2.24) is 15.1 Å². The van der Waals surface area contributed by atoms with Crippen LogP contribution in [0.15, 0.2) is 30.3 Å². The molecule has 0 saturated carbocycles. The van der Waals surface area contributed by atoms with Crippen molar-refractivity contribution < 1.29 is 0 Å². The van der Waals surface area contributed by atoms with Gasteiger partial charge in [0.05, 0.1) is 5.69 Å². The topological polar surface area (TPSA) is 29.9 Å². The highest BCUT2D eigenvalue weighted by molar-refractivity contribution is 6.30. The fourth-order valence-electron chi connectivity index (χ4n) is 2.49. The van der Waals surface area contributed by atoms with Crippen LogP contribution in [0.25, 0.3) is 0 Å². The van der Waals surface area contributed by atoms with E-state index < -0.39 is 0 Å². The van der Waals surface area contributed by atoms with Gasteiger partial charge in [0.1, 0.15) is 0 Å². The van der Waals surface area contributed by atoms with Gasteiger partial charge >= 0.3 is 0 Å². The van der Waals surface area contributed by atoms with Crippen LogP contribution in [-0.2, 0) is 19.9 Å². The minimum absolute atomic E-state index is 0.267. The molecule has 0 radical (unpaired) electrons. The zero-order valence-electron chi connectivity index (χ0n) is 13.1. The fraction of sp³-hybridized carbons (Fsp3) is 0.471. The van der Waals surface area contributed by atoms with Crippen molar-refractivity contribution in [1.29, 1.82) is 0 Å². The monoisotopic (exact) mass is 305 g/mol. The minimum Gasteiger partial charge on any atom is -0.310 e. The van der Waals surface area contributed by atoms with Gasteiger partial charge < -0.3 is 5.32 Å². The molecular formula is C17H24ClN3. The smallest absolute Gasteiger partial charge is 0.0624 e. The van der Waals surface area contributed by atoms with Crippen LogP contribution in [0.4, 0.5) is 0 Å². The first kappa shape index (κ1) is 16.1. The van der Waals surface area contributed by atoms with Gasteiger partial charge in [0.25, 0.3) is 0 Å². The molecule has 1 atom stereocenters. The van der Waals surface area contributed by atoms with Gasteiger partial charge in [0.15, 0.2) is 0 Å². The molecule has 1 unspecified atom stereocenters. The van der Waals surface area contributed by atoms with Crippen molar-refractivity contribution in [3.8, 4) is 0 Å². The van der Waals surface area contributed by atoms with Gasteiger partial charge in [-0.25, -0.2) is 0 Å². The summed E-state index contributed by atoms with van der Waals surface area (Å²) in [6, 6.07) is 10.6. The molecule has 0 spiro atoms. The Labute approximate surface area is 132 Å². The maximum absolute atomic E-state index is 6.14. The van der Waals surface area contributed by atoms with Crippen LogP contribution in [0.1, 0.15) is 43.3 Å². The summed E-state index contributed by atoms with van der Waals surface area (Å²) in [6.45, 7) is 5.31. The first-order chi connectivity index (χ1) is 10.1. The summed E-state index contributed by atoms with van der Waals surface area (Å²) in [5.74, 6) is 0. The number of halogens is 1. The van der Waals surface area contributed by atoms with E-state index in [0.29, 0.717) is 0 Å². The van der Waals surface area contributed by atoms with E-state index in [1.165, 1.54) is 11.3 Å². The third-order valence-electron chi connectivity index (χ3n) is 3.69. The van der Waals surface area contributed by atoms with E-state index in [-0.39, 0.29) is 6.04 Å². The maximum Gasteiger partial charge on any atom is 0.0624 e. The van der Waals surface area contributed by atoms with E-state index in [4.69, 9.17) is 11.6 Å². The molecule has 2 aromatic rings. The molecule has 0 saturated heterocycles. The standard InChI is InChI=1S/C17H24ClN3/c1-4-9-19-17(13-7-6-8-14(18)10-13)12-16-11-15(5-2)20-21(16)3/h6-8,10-11,17,19H,4-5,9,12H2,1-3H3. The van der Waals surface area contributed by atoms with Gasteiger partial charge in [-0.15, -0.1) is 0 Å². The van der Waals surface area contributed by atoms with E-state index in [2.05, 4.69) is 36.4 Å². The molecule has 1 aromatic carbocycles. The van der Waals surface area contributed by atoms with Crippen molar-refractivity contribution in [3.63, 3.8) is 0 Å². The van der Waals surface area contributed by atoms with Crippen LogP contribution >= 0.6 is 11.6 Å². The first-order valence-electron chi connectivity index (χ1n) is 7.64. The number of aromatic nitrogens is 2. The van der Waals surface area contributed by atoms with E-state index in [0.717, 1.165) is 36.5 Å². The highest BCUT2D eigenvalue weighted by atomic mass is 35.5. The predicted octanol–water partition coefficient (Wildman–Crippen LogP) is 3.92. The van der Waals surface area contributed by atoms with Crippen LogP contribution in [-0.4, -0.2) is 16.3 Å². The molecule has 0 amide bonds. The highest BCUT2D eigenvalue weighted by Gasteiger charge is 2.15. The second kappa shape index (κ2) is 7.62. The van der Waals surface area contributed by atoms with Gasteiger partial charge in [-0.3, -0.25) is 4.68 Å². The van der Waals surface area contributed by atoms with Crippen molar-refractivity contribution in [2.45, 2.75) is 39.2 Å². The van der Waals surface area contributed by atoms with Crippen LogP contribution in [0.2, 0.25) is 5.02 Å². The van der Waals surface area contributed by atoms with Crippen LogP contribution in [0, 0.1) is 0 Å². The molecule has 1 heterocycles. The zero-order valence-corrected chi connectivity index (χ0v) is 13.8. The molecule has 21 heavy (non-hydrogen) atoms. The second-order valence-corrected chi connectivity index (χ2v) is 5.81. The Kier molecular flexibility index (Phi) is 5.83. The quantitative estimate of drug-likeness (QED) is 0.840. The Balaban J connectivity index is 2.21. The average molecular weight is 306 g/mol. The summed E-state index contributed by atoms with van der Waals surface area (Å²) in [5, 5.41) is 8.94. The molecule has 0 bridgehead atoms. The van der Waals surface area contributed by atoms with Gasteiger partial charge in [0.2, 0.25) is 0 Å². The molecule has 3 nitrogen and oxygen atoms in total. The summed E-state index contributed by atoms with van der Waals surface area (Å²) in [6.07, 6.45) is 3.00. The molecule has 0 fully saturated rings. The largest absolute Gasteiger partial charge is 0.310 e. The molecule has 0 aliphatic carbocycles. The molecule has 1 N–H and O–H groups in total. The number of benzene rings is 1. The number of rotatable bonds is 7. The third kappa shape index (κ3) is 4.32.